The molecule has 3 heterocycles. The Hall–Kier alpha value is -2.49. The average molecular weight is 514 g/mol. The van der Waals surface area contributed by atoms with Crippen molar-refractivity contribution in [2.75, 3.05) is 31.1 Å². The topological polar surface area (TPSA) is 79.8 Å². The van der Waals surface area contributed by atoms with E-state index in [1.54, 1.807) is 21.7 Å². The molecule has 0 saturated carbocycles. The maximum atomic E-state index is 13.1. The molecule has 0 amide bonds. The fraction of sp³-hybridized carbons (Fsp3) is 0.462. The van der Waals surface area contributed by atoms with Gasteiger partial charge in [0.15, 0.2) is 5.13 Å². The van der Waals surface area contributed by atoms with Gasteiger partial charge in [0, 0.05) is 32.2 Å². The summed E-state index contributed by atoms with van der Waals surface area (Å²) in [4.78, 5) is 20.0. The highest BCUT2D eigenvalue weighted by Crippen LogP contribution is 2.33. The van der Waals surface area contributed by atoms with Gasteiger partial charge < -0.3 is 9.64 Å². The Morgan fingerprint density at radius 3 is 2.37 bits per heavy atom. The quantitative estimate of drug-likeness (QED) is 0.346. The van der Waals surface area contributed by atoms with Crippen LogP contribution in [0.2, 0.25) is 0 Å². The van der Waals surface area contributed by atoms with Gasteiger partial charge >= 0.3 is 5.97 Å². The van der Waals surface area contributed by atoms with Gasteiger partial charge in [-0.1, -0.05) is 25.2 Å². The molecule has 7 nitrogen and oxygen atoms in total. The number of sulfonamides is 1. The number of benzene rings is 2. The zero-order valence-corrected chi connectivity index (χ0v) is 21.8. The predicted octanol–water partition coefficient (Wildman–Crippen LogP) is 5.17. The van der Waals surface area contributed by atoms with E-state index in [9.17, 15) is 13.2 Å². The Morgan fingerprint density at radius 1 is 1.00 bits per heavy atom. The lowest BCUT2D eigenvalue weighted by atomic mass is 9.94. The lowest BCUT2D eigenvalue weighted by molar-refractivity contribution is 0.0735. The maximum Gasteiger partial charge on any atom is 0.343 e. The molecule has 0 bridgehead atoms. The van der Waals surface area contributed by atoms with Crippen LogP contribution in [-0.2, 0) is 10.0 Å². The second-order valence-corrected chi connectivity index (χ2v) is 12.8. The molecule has 3 aromatic rings. The molecule has 0 radical (unpaired) electrons. The number of carbonyl (C=O) groups is 1. The van der Waals surface area contributed by atoms with Crippen molar-refractivity contribution in [3.8, 4) is 5.75 Å². The Bertz CT molecular complexity index is 1300. The first kappa shape index (κ1) is 24.2. The van der Waals surface area contributed by atoms with E-state index in [2.05, 4.69) is 18.7 Å². The van der Waals surface area contributed by atoms with E-state index in [1.807, 2.05) is 12.1 Å². The minimum absolute atomic E-state index is 0.201. The van der Waals surface area contributed by atoms with Crippen molar-refractivity contribution in [1.29, 1.82) is 0 Å². The first-order chi connectivity index (χ1) is 16.8. The third-order valence-electron chi connectivity index (χ3n) is 6.75. The maximum absolute atomic E-state index is 13.1. The third kappa shape index (κ3) is 5.22. The molecule has 1 aromatic heterocycles. The van der Waals surface area contributed by atoms with Crippen LogP contribution in [0.5, 0.6) is 5.75 Å². The standard InChI is InChI=1S/C26H31N3O4S2/c1-18-14-19(2)17-29(16-18)35(31,32)22-9-6-20(7-10-22)25(30)33-21-8-11-23-24(15-21)34-26(27-23)28-12-4-3-5-13-28/h6-11,15,18-19H,3-5,12-14,16-17H2,1-2H3. The zero-order valence-electron chi connectivity index (χ0n) is 20.1. The minimum Gasteiger partial charge on any atom is -0.423 e. The van der Waals surface area contributed by atoms with Crippen molar-refractivity contribution in [3.05, 3.63) is 48.0 Å². The van der Waals surface area contributed by atoms with Gasteiger partial charge in [-0.05, 0) is 73.9 Å². The second-order valence-electron chi connectivity index (χ2n) is 9.86. The van der Waals surface area contributed by atoms with Crippen molar-refractivity contribution in [1.82, 2.24) is 9.29 Å². The summed E-state index contributed by atoms with van der Waals surface area (Å²) in [5, 5.41) is 1.01. The number of anilines is 1. The summed E-state index contributed by atoms with van der Waals surface area (Å²) in [6.07, 6.45) is 4.68. The van der Waals surface area contributed by atoms with Gasteiger partial charge in [0.05, 0.1) is 20.7 Å². The smallest absolute Gasteiger partial charge is 0.343 e. The third-order valence-corrected chi connectivity index (χ3v) is 9.67. The van der Waals surface area contributed by atoms with E-state index in [0.29, 0.717) is 36.2 Å². The molecule has 2 aromatic carbocycles. The molecule has 0 N–H and O–H groups in total. The molecule has 2 fully saturated rings. The van der Waals surface area contributed by atoms with E-state index >= 15 is 0 Å². The normalized spacial score (nSPS) is 21.8. The molecule has 186 valence electrons. The van der Waals surface area contributed by atoms with Crippen molar-refractivity contribution in [2.24, 2.45) is 11.8 Å². The van der Waals surface area contributed by atoms with E-state index < -0.39 is 16.0 Å². The van der Waals surface area contributed by atoms with Crippen molar-refractivity contribution in [2.45, 2.75) is 44.4 Å². The SMILES string of the molecule is CC1CC(C)CN(S(=O)(=O)c2ccc(C(=O)Oc3ccc4nc(N5CCCCC5)sc4c3)cc2)C1. The Balaban J connectivity index is 1.28. The van der Waals surface area contributed by atoms with E-state index in [-0.39, 0.29) is 4.90 Å². The van der Waals surface area contributed by atoms with Crippen LogP contribution in [0.4, 0.5) is 5.13 Å². The Kier molecular flexibility index (Phi) is 6.83. The second kappa shape index (κ2) is 9.87. The number of rotatable bonds is 5. The molecule has 2 aliphatic heterocycles. The number of hydrogen-bond acceptors (Lipinski definition) is 7. The van der Waals surface area contributed by atoms with Crippen molar-refractivity contribution in [3.63, 3.8) is 0 Å². The molecule has 5 rings (SSSR count). The number of carbonyl (C=O) groups excluding carboxylic acids is 1. The summed E-state index contributed by atoms with van der Waals surface area (Å²) in [5.41, 5.74) is 1.20. The highest BCUT2D eigenvalue weighted by molar-refractivity contribution is 7.89. The molecule has 2 aliphatic rings. The lowest BCUT2D eigenvalue weighted by Gasteiger charge is -2.34. The molecular formula is C26H31N3O4S2. The van der Waals surface area contributed by atoms with Gasteiger partial charge in [0.1, 0.15) is 5.75 Å². The largest absolute Gasteiger partial charge is 0.423 e. The van der Waals surface area contributed by atoms with Crippen LogP contribution in [0, 0.1) is 11.8 Å². The molecule has 2 saturated heterocycles. The minimum atomic E-state index is -3.59. The van der Waals surface area contributed by atoms with E-state index in [1.165, 1.54) is 43.5 Å². The van der Waals surface area contributed by atoms with Crippen LogP contribution in [0.15, 0.2) is 47.4 Å². The zero-order chi connectivity index (χ0) is 24.6. The van der Waals surface area contributed by atoms with Crippen molar-refractivity contribution < 1.29 is 17.9 Å². The van der Waals surface area contributed by atoms with Gasteiger partial charge in [0.2, 0.25) is 10.0 Å². The monoisotopic (exact) mass is 513 g/mol. The molecule has 35 heavy (non-hydrogen) atoms. The summed E-state index contributed by atoms with van der Waals surface area (Å²) in [7, 11) is -3.59. The fourth-order valence-corrected chi connectivity index (χ4v) is 7.78. The molecule has 2 atom stereocenters. The van der Waals surface area contributed by atoms with Crippen LogP contribution in [0.1, 0.15) is 49.9 Å². The number of nitrogens with zero attached hydrogens (tertiary/aromatic N) is 3. The molecule has 2 unspecified atom stereocenters. The van der Waals surface area contributed by atoms with E-state index in [0.717, 1.165) is 34.9 Å². The predicted molar refractivity (Wildman–Crippen MR) is 139 cm³/mol. The van der Waals surface area contributed by atoms with Crippen LogP contribution in [-0.4, -0.2) is 49.9 Å². The Morgan fingerprint density at radius 2 is 1.69 bits per heavy atom. The van der Waals surface area contributed by atoms with Gasteiger partial charge in [-0.15, -0.1) is 0 Å². The number of aromatic nitrogens is 1. The number of thiazole rings is 1. The Labute approximate surface area is 210 Å². The lowest BCUT2D eigenvalue weighted by Crippen LogP contribution is -2.42. The highest BCUT2D eigenvalue weighted by atomic mass is 32.2. The van der Waals surface area contributed by atoms with Crippen LogP contribution in [0.3, 0.4) is 0 Å². The van der Waals surface area contributed by atoms with Gasteiger partial charge in [-0.2, -0.15) is 4.31 Å². The highest BCUT2D eigenvalue weighted by Gasteiger charge is 2.31. The van der Waals surface area contributed by atoms with Crippen molar-refractivity contribution >= 4 is 42.7 Å². The van der Waals surface area contributed by atoms with Gasteiger partial charge in [-0.3, -0.25) is 0 Å². The first-order valence-corrected chi connectivity index (χ1v) is 14.5. The van der Waals surface area contributed by atoms with Crippen LogP contribution >= 0.6 is 11.3 Å². The molecule has 9 heteroatoms. The number of hydrogen-bond donors (Lipinski definition) is 0. The summed E-state index contributed by atoms with van der Waals surface area (Å²) in [5.74, 6) is 0.586. The number of esters is 1. The average Bonchev–Trinajstić information content (AvgIpc) is 3.27. The summed E-state index contributed by atoms with van der Waals surface area (Å²) in [6, 6.07) is 11.5. The molecular weight excluding hydrogens is 482 g/mol. The summed E-state index contributed by atoms with van der Waals surface area (Å²) in [6.45, 7) is 7.27. The molecule has 0 spiro atoms. The fourth-order valence-electron chi connectivity index (χ4n) is 5.06. The number of ether oxygens (including phenoxy) is 1. The van der Waals surface area contributed by atoms with Crippen LogP contribution < -0.4 is 9.64 Å². The van der Waals surface area contributed by atoms with Gasteiger partial charge in [0.25, 0.3) is 0 Å². The first-order valence-electron chi connectivity index (χ1n) is 12.3. The van der Waals surface area contributed by atoms with Crippen LogP contribution in [0.25, 0.3) is 10.2 Å². The number of piperidine rings is 2. The summed E-state index contributed by atoms with van der Waals surface area (Å²) >= 11 is 1.61. The molecule has 0 aliphatic carbocycles. The summed E-state index contributed by atoms with van der Waals surface area (Å²) < 4.78 is 34.3. The van der Waals surface area contributed by atoms with E-state index in [4.69, 9.17) is 9.72 Å². The number of fused-ring (bicyclic) bond motifs is 1. The van der Waals surface area contributed by atoms with Gasteiger partial charge in [-0.25, -0.2) is 18.2 Å².